The molecule has 0 radical (unpaired) electrons. The Kier molecular flexibility index (Phi) is 5.02. The molecular weight excluding hydrogens is 250 g/mol. The lowest BCUT2D eigenvalue weighted by Gasteiger charge is -2.20. The second kappa shape index (κ2) is 6.96. The summed E-state index contributed by atoms with van der Waals surface area (Å²) in [6.45, 7) is 3.00. The average molecular weight is 271 g/mol. The lowest BCUT2D eigenvalue weighted by molar-refractivity contribution is 0.354. The molecule has 0 saturated heterocycles. The summed E-state index contributed by atoms with van der Waals surface area (Å²) >= 11 is 0. The quantitative estimate of drug-likeness (QED) is 0.873. The van der Waals surface area contributed by atoms with Crippen LogP contribution in [0, 0.1) is 0 Å². The van der Waals surface area contributed by atoms with Gasteiger partial charge in [-0.05, 0) is 29.8 Å². The monoisotopic (exact) mass is 271 g/mol. The van der Waals surface area contributed by atoms with Crippen molar-refractivity contribution in [2.75, 3.05) is 20.8 Å². The van der Waals surface area contributed by atoms with Crippen LogP contribution in [0.25, 0.3) is 0 Å². The van der Waals surface area contributed by atoms with Crippen molar-refractivity contribution in [1.29, 1.82) is 0 Å². The van der Waals surface area contributed by atoms with Gasteiger partial charge < -0.3 is 14.8 Å². The van der Waals surface area contributed by atoms with Crippen LogP contribution in [0.5, 0.6) is 11.5 Å². The van der Waals surface area contributed by atoms with Crippen LogP contribution in [0.2, 0.25) is 0 Å². The molecule has 2 aromatic rings. The first-order chi connectivity index (χ1) is 9.80. The molecular formula is C17H21NO2. The van der Waals surface area contributed by atoms with E-state index in [4.69, 9.17) is 9.47 Å². The zero-order chi connectivity index (χ0) is 14.4. The normalized spacial score (nSPS) is 11.9. The molecule has 106 valence electrons. The average Bonchev–Trinajstić information content (AvgIpc) is 2.52. The molecule has 0 aliphatic heterocycles. The van der Waals surface area contributed by atoms with Crippen LogP contribution in [-0.4, -0.2) is 20.8 Å². The smallest absolute Gasteiger partial charge is 0.161 e. The molecule has 0 fully saturated rings. The molecule has 3 nitrogen and oxygen atoms in total. The molecule has 1 N–H and O–H groups in total. The Balaban J connectivity index is 2.39. The Morgan fingerprint density at radius 2 is 1.60 bits per heavy atom. The van der Waals surface area contributed by atoms with Crippen LogP contribution >= 0.6 is 0 Å². The maximum atomic E-state index is 5.39. The number of methoxy groups -OCH3 is 2. The SMILES string of the molecule is CCNC(c1ccccc1)c1ccc(OC)c(OC)c1. The number of nitrogens with one attached hydrogen (secondary N) is 1. The summed E-state index contributed by atoms with van der Waals surface area (Å²) in [7, 11) is 3.31. The highest BCUT2D eigenvalue weighted by Crippen LogP contribution is 2.32. The predicted octanol–water partition coefficient (Wildman–Crippen LogP) is 3.40. The zero-order valence-corrected chi connectivity index (χ0v) is 12.2. The highest BCUT2D eigenvalue weighted by atomic mass is 16.5. The van der Waals surface area contributed by atoms with Crippen molar-refractivity contribution in [1.82, 2.24) is 5.32 Å². The molecule has 0 aliphatic rings. The number of rotatable bonds is 6. The van der Waals surface area contributed by atoms with Crippen LogP contribution in [-0.2, 0) is 0 Å². The summed E-state index contributed by atoms with van der Waals surface area (Å²) in [6.07, 6.45) is 0. The molecule has 0 aliphatic carbocycles. The topological polar surface area (TPSA) is 30.5 Å². The van der Waals surface area contributed by atoms with E-state index < -0.39 is 0 Å². The van der Waals surface area contributed by atoms with Crippen LogP contribution < -0.4 is 14.8 Å². The zero-order valence-electron chi connectivity index (χ0n) is 12.2. The van der Waals surface area contributed by atoms with Gasteiger partial charge >= 0.3 is 0 Å². The van der Waals surface area contributed by atoms with Gasteiger partial charge in [0.05, 0.1) is 20.3 Å². The minimum Gasteiger partial charge on any atom is -0.493 e. The summed E-state index contributed by atoms with van der Waals surface area (Å²) in [5, 5.41) is 3.51. The third-order valence-corrected chi connectivity index (χ3v) is 3.28. The van der Waals surface area contributed by atoms with Gasteiger partial charge in [0.15, 0.2) is 11.5 Å². The molecule has 0 aromatic heterocycles. The molecule has 0 heterocycles. The summed E-state index contributed by atoms with van der Waals surface area (Å²) in [5.74, 6) is 1.50. The van der Waals surface area contributed by atoms with Crippen LogP contribution in [0.3, 0.4) is 0 Å². The van der Waals surface area contributed by atoms with Gasteiger partial charge in [0, 0.05) is 0 Å². The maximum Gasteiger partial charge on any atom is 0.161 e. The number of benzene rings is 2. The molecule has 1 unspecified atom stereocenters. The van der Waals surface area contributed by atoms with Crippen LogP contribution in [0.1, 0.15) is 24.1 Å². The number of hydrogen-bond donors (Lipinski definition) is 1. The molecule has 2 rings (SSSR count). The third kappa shape index (κ3) is 3.11. The van der Waals surface area contributed by atoms with Crippen molar-refractivity contribution >= 4 is 0 Å². The molecule has 1 atom stereocenters. The van der Waals surface area contributed by atoms with Gasteiger partial charge in [-0.25, -0.2) is 0 Å². The van der Waals surface area contributed by atoms with E-state index in [0.29, 0.717) is 0 Å². The van der Waals surface area contributed by atoms with Crippen molar-refractivity contribution in [2.45, 2.75) is 13.0 Å². The van der Waals surface area contributed by atoms with E-state index >= 15 is 0 Å². The summed E-state index contributed by atoms with van der Waals surface area (Å²) in [6, 6.07) is 16.6. The Labute approximate surface area is 120 Å². The van der Waals surface area contributed by atoms with Crippen molar-refractivity contribution in [2.24, 2.45) is 0 Å². The maximum absolute atomic E-state index is 5.39. The van der Waals surface area contributed by atoms with Crippen molar-refractivity contribution in [3.05, 3.63) is 59.7 Å². The standard InChI is InChI=1S/C17H21NO2/c1-4-18-17(13-8-6-5-7-9-13)14-10-11-15(19-2)16(12-14)20-3/h5-12,17-18H,4H2,1-3H3. The summed E-state index contributed by atoms with van der Waals surface area (Å²) in [4.78, 5) is 0. The molecule has 0 bridgehead atoms. The first-order valence-electron chi connectivity index (χ1n) is 6.80. The fraction of sp³-hybridized carbons (Fsp3) is 0.294. The van der Waals surface area contributed by atoms with Gasteiger partial charge in [-0.1, -0.05) is 43.3 Å². The van der Waals surface area contributed by atoms with E-state index in [1.165, 1.54) is 5.56 Å². The lowest BCUT2D eigenvalue weighted by atomic mass is 9.98. The molecule has 20 heavy (non-hydrogen) atoms. The van der Waals surface area contributed by atoms with Crippen LogP contribution in [0.4, 0.5) is 0 Å². The van der Waals surface area contributed by atoms with Crippen molar-refractivity contribution < 1.29 is 9.47 Å². The van der Waals surface area contributed by atoms with Gasteiger partial charge in [-0.15, -0.1) is 0 Å². The second-order valence-electron chi connectivity index (χ2n) is 4.52. The number of ether oxygens (including phenoxy) is 2. The van der Waals surface area contributed by atoms with E-state index in [-0.39, 0.29) is 6.04 Å². The van der Waals surface area contributed by atoms with Gasteiger partial charge in [-0.3, -0.25) is 0 Å². The fourth-order valence-electron chi connectivity index (χ4n) is 2.31. The first kappa shape index (κ1) is 14.4. The second-order valence-corrected chi connectivity index (χ2v) is 4.52. The van der Waals surface area contributed by atoms with Gasteiger partial charge in [0.1, 0.15) is 0 Å². The van der Waals surface area contributed by atoms with Crippen molar-refractivity contribution in [3.63, 3.8) is 0 Å². The molecule has 3 heteroatoms. The summed E-state index contributed by atoms with van der Waals surface area (Å²) in [5.41, 5.74) is 2.40. The molecule has 0 amide bonds. The van der Waals surface area contributed by atoms with E-state index in [1.54, 1.807) is 14.2 Å². The highest BCUT2D eigenvalue weighted by molar-refractivity contribution is 5.45. The fourth-order valence-corrected chi connectivity index (χ4v) is 2.31. The molecule has 2 aromatic carbocycles. The Hall–Kier alpha value is -2.00. The third-order valence-electron chi connectivity index (χ3n) is 3.28. The van der Waals surface area contributed by atoms with Gasteiger partial charge in [-0.2, -0.15) is 0 Å². The molecule has 0 spiro atoms. The van der Waals surface area contributed by atoms with E-state index in [2.05, 4.69) is 42.6 Å². The van der Waals surface area contributed by atoms with Gasteiger partial charge in [0.2, 0.25) is 0 Å². The minimum atomic E-state index is 0.154. The van der Waals surface area contributed by atoms with E-state index in [0.717, 1.165) is 23.6 Å². The largest absolute Gasteiger partial charge is 0.493 e. The Bertz CT molecular complexity index is 540. The highest BCUT2D eigenvalue weighted by Gasteiger charge is 2.15. The summed E-state index contributed by atoms with van der Waals surface area (Å²) < 4.78 is 10.7. The van der Waals surface area contributed by atoms with Crippen LogP contribution in [0.15, 0.2) is 48.5 Å². The first-order valence-corrected chi connectivity index (χ1v) is 6.80. The number of hydrogen-bond acceptors (Lipinski definition) is 3. The van der Waals surface area contributed by atoms with E-state index in [9.17, 15) is 0 Å². The van der Waals surface area contributed by atoms with Gasteiger partial charge in [0.25, 0.3) is 0 Å². The lowest BCUT2D eigenvalue weighted by Crippen LogP contribution is -2.21. The predicted molar refractivity (Wildman–Crippen MR) is 81.5 cm³/mol. The van der Waals surface area contributed by atoms with E-state index in [1.807, 2.05) is 18.2 Å². The van der Waals surface area contributed by atoms with Crippen molar-refractivity contribution in [3.8, 4) is 11.5 Å². The minimum absolute atomic E-state index is 0.154. The Morgan fingerprint density at radius 1 is 0.900 bits per heavy atom. The Morgan fingerprint density at radius 3 is 2.20 bits per heavy atom. The molecule has 0 saturated carbocycles.